The number of rotatable bonds is 4. The summed E-state index contributed by atoms with van der Waals surface area (Å²) in [5, 5.41) is 2.86. The minimum absolute atomic E-state index is 0.0201. The fourth-order valence-corrected chi connectivity index (χ4v) is 1.84. The van der Waals surface area contributed by atoms with Crippen molar-refractivity contribution in [1.29, 1.82) is 0 Å². The summed E-state index contributed by atoms with van der Waals surface area (Å²) in [6.07, 6.45) is 0. The van der Waals surface area contributed by atoms with Crippen LogP contribution in [0.2, 0.25) is 0 Å². The molecular weight excluding hydrogens is 248 g/mol. The maximum Gasteiger partial charge on any atom is 0.322 e. The summed E-state index contributed by atoms with van der Waals surface area (Å²) in [5.74, 6) is 0. The second-order valence-electron chi connectivity index (χ2n) is 4.85. The number of nitrogens with zero attached hydrogens (tertiary/aromatic N) is 1. The molecule has 0 bridgehead atoms. The number of hydrogen-bond acceptors (Lipinski definition) is 1. The van der Waals surface area contributed by atoms with Crippen LogP contribution in [0.1, 0.15) is 20.8 Å². The van der Waals surface area contributed by atoms with Gasteiger partial charge in [-0.15, -0.1) is 0 Å². The van der Waals surface area contributed by atoms with Crippen molar-refractivity contribution < 1.29 is 6.17 Å². The normalized spacial score (nSPS) is 12.7. The SMILES string of the molecule is [2H]C(c1ccccc1)N(C(=O)NC(C)C)c1ccccc1. The molecule has 104 valence electrons. The molecule has 0 aliphatic heterocycles. The molecule has 1 atom stereocenters. The molecule has 0 aliphatic rings. The van der Waals surface area contributed by atoms with Crippen molar-refractivity contribution in [1.82, 2.24) is 5.32 Å². The number of carbonyl (C=O) groups is 1. The van der Waals surface area contributed by atoms with Crippen LogP contribution in [0.4, 0.5) is 10.5 Å². The van der Waals surface area contributed by atoms with E-state index in [0.717, 1.165) is 5.56 Å². The highest BCUT2D eigenvalue weighted by atomic mass is 16.2. The molecule has 0 fully saturated rings. The zero-order valence-electron chi connectivity index (χ0n) is 12.8. The summed E-state index contributed by atoms with van der Waals surface area (Å²) < 4.78 is 8.45. The molecule has 3 heteroatoms. The van der Waals surface area contributed by atoms with Crippen molar-refractivity contribution >= 4 is 11.7 Å². The summed E-state index contributed by atoms with van der Waals surface area (Å²) in [5.41, 5.74) is 1.49. The van der Waals surface area contributed by atoms with Gasteiger partial charge >= 0.3 is 6.03 Å². The molecule has 0 spiro atoms. The molecule has 2 aromatic rings. The first kappa shape index (κ1) is 12.7. The van der Waals surface area contributed by atoms with E-state index in [1.807, 2.05) is 74.5 Å². The van der Waals surface area contributed by atoms with Crippen LogP contribution >= 0.6 is 0 Å². The fourth-order valence-electron chi connectivity index (χ4n) is 1.84. The van der Waals surface area contributed by atoms with Gasteiger partial charge in [0.25, 0.3) is 0 Å². The first-order chi connectivity index (χ1) is 10.1. The topological polar surface area (TPSA) is 32.3 Å². The Balaban J connectivity index is 2.34. The summed E-state index contributed by atoms with van der Waals surface area (Å²) in [7, 11) is 0. The molecule has 0 saturated carbocycles. The molecule has 0 saturated heterocycles. The number of benzene rings is 2. The summed E-state index contributed by atoms with van der Waals surface area (Å²) in [4.78, 5) is 13.9. The minimum atomic E-state index is -0.785. The molecule has 1 unspecified atom stereocenters. The highest BCUT2D eigenvalue weighted by Gasteiger charge is 2.16. The average molecular weight is 269 g/mol. The average Bonchev–Trinajstić information content (AvgIpc) is 2.48. The van der Waals surface area contributed by atoms with Gasteiger partial charge in [0, 0.05) is 11.7 Å². The van der Waals surface area contributed by atoms with Gasteiger partial charge in [-0.2, -0.15) is 0 Å². The third-order valence-electron chi connectivity index (χ3n) is 2.74. The number of carbonyl (C=O) groups excluding carboxylic acids is 1. The second kappa shape index (κ2) is 6.75. The van der Waals surface area contributed by atoms with Gasteiger partial charge in [-0.25, -0.2) is 4.79 Å². The van der Waals surface area contributed by atoms with Crippen molar-refractivity contribution in [3.05, 3.63) is 66.2 Å². The zero-order chi connectivity index (χ0) is 15.2. The van der Waals surface area contributed by atoms with Gasteiger partial charge < -0.3 is 5.32 Å². The van der Waals surface area contributed by atoms with Crippen LogP contribution in [-0.2, 0) is 6.52 Å². The molecular formula is C17H20N2O. The summed E-state index contributed by atoms with van der Waals surface area (Å²) >= 11 is 0. The Bertz CT molecular complexity index is 572. The predicted molar refractivity (Wildman–Crippen MR) is 82.7 cm³/mol. The Morgan fingerprint density at radius 2 is 1.65 bits per heavy atom. The predicted octanol–water partition coefficient (Wildman–Crippen LogP) is 3.81. The Hall–Kier alpha value is -2.29. The lowest BCUT2D eigenvalue weighted by Gasteiger charge is -2.24. The monoisotopic (exact) mass is 269 g/mol. The Morgan fingerprint density at radius 3 is 2.20 bits per heavy atom. The van der Waals surface area contributed by atoms with E-state index in [4.69, 9.17) is 1.37 Å². The number of anilines is 1. The molecule has 1 N–H and O–H groups in total. The van der Waals surface area contributed by atoms with Crippen LogP contribution in [-0.4, -0.2) is 12.1 Å². The third kappa shape index (κ3) is 3.85. The van der Waals surface area contributed by atoms with E-state index in [0.29, 0.717) is 5.69 Å². The Labute approximate surface area is 121 Å². The van der Waals surface area contributed by atoms with E-state index in [1.54, 1.807) is 0 Å². The van der Waals surface area contributed by atoms with Gasteiger partial charge in [-0.05, 0) is 31.5 Å². The first-order valence-corrected chi connectivity index (χ1v) is 6.71. The van der Waals surface area contributed by atoms with Crippen LogP contribution < -0.4 is 10.2 Å². The molecule has 2 rings (SSSR count). The number of urea groups is 1. The molecule has 0 aromatic heterocycles. The van der Waals surface area contributed by atoms with Gasteiger partial charge in [-0.1, -0.05) is 48.5 Å². The van der Waals surface area contributed by atoms with Gasteiger partial charge in [0.15, 0.2) is 0 Å². The van der Waals surface area contributed by atoms with Crippen molar-refractivity contribution in [2.75, 3.05) is 4.90 Å². The maximum absolute atomic E-state index is 12.5. The Morgan fingerprint density at radius 1 is 1.10 bits per heavy atom. The van der Waals surface area contributed by atoms with Gasteiger partial charge in [-0.3, -0.25) is 4.90 Å². The van der Waals surface area contributed by atoms with Crippen molar-refractivity contribution in [2.45, 2.75) is 26.4 Å². The Kier molecular flexibility index (Phi) is 4.30. The van der Waals surface area contributed by atoms with Crippen molar-refractivity contribution in [3.8, 4) is 0 Å². The lowest BCUT2D eigenvalue weighted by atomic mass is 10.2. The van der Waals surface area contributed by atoms with Crippen molar-refractivity contribution in [3.63, 3.8) is 0 Å². The third-order valence-corrected chi connectivity index (χ3v) is 2.74. The van der Waals surface area contributed by atoms with Crippen LogP contribution in [0.3, 0.4) is 0 Å². The lowest BCUT2D eigenvalue weighted by Crippen LogP contribution is -2.42. The number of nitrogens with one attached hydrogen (secondary N) is 1. The molecule has 0 radical (unpaired) electrons. The number of hydrogen-bond donors (Lipinski definition) is 1. The van der Waals surface area contributed by atoms with E-state index in [2.05, 4.69) is 5.32 Å². The standard InChI is InChI=1S/C17H20N2O/c1-14(2)18-17(20)19(16-11-7-4-8-12-16)13-15-9-5-3-6-10-15/h3-12,14H,13H2,1-2H3,(H,18,20)/i13D. The molecule has 3 nitrogen and oxygen atoms in total. The molecule has 20 heavy (non-hydrogen) atoms. The highest BCUT2D eigenvalue weighted by molar-refractivity contribution is 5.92. The summed E-state index contributed by atoms with van der Waals surface area (Å²) in [6, 6.07) is 18.4. The first-order valence-electron chi connectivity index (χ1n) is 7.29. The van der Waals surface area contributed by atoms with Crippen LogP contribution in [0.25, 0.3) is 0 Å². The van der Waals surface area contributed by atoms with Crippen LogP contribution in [0.5, 0.6) is 0 Å². The number of para-hydroxylation sites is 1. The zero-order valence-corrected chi connectivity index (χ0v) is 11.8. The highest BCUT2D eigenvalue weighted by Crippen LogP contribution is 2.17. The van der Waals surface area contributed by atoms with Crippen LogP contribution in [0.15, 0.2) is 60.7 Å². The fraction of sp³-hybridized carbons (Fsp3) is 0.235. The van der Waals surface area contributed by atoms with Crippen LogP contribution in [0, 0.1) is 0 Å². The minimum Gasteiger partial charge on any atom is -0.336 e. The van der Waals surface area contributed by atoms with E-state index in [-0.39, 0.29) is 12.1 Å². The number of amides is 2. The van der Waals surface area contributed by atoms with Gasteiger partial charge in [0.2, 0.25) is 0 Å². The van der Waals surface area contributed by atoms with E-state index < -0.39 is 6.52 Å². The quantitative estimate of drug-likeness (QED) is 0.899. The molecule has 0 aliphatic carbocycles. The smallest absolute Gasteiger partial charge is 0.322 e. The maximum atomic E-state index is 12.5. The summed E-state index contributed by atoms with van der Waals surface area (Å²) in [6.45, 7) is 3.03. The molecule has 2 amide bonds. The van der Waals surface area contributed by atoms with Crippen molar-refractivity contribution in [2.24, 2.45) is 0 Å². The largest absolute Gasteiger partial charge is 0.336 e. The molecule has 2 aromatic carbocycles. The molecule has 0 heterocycles. The van der Waals surface area contributed by atoms with E-state index in [1.165, 1.54) is 4.90 Å². The van der Waals surface area contributed by atoms with Gasteiger partial charge in [0.1, 0.15) is 0 Å². The van der Waals surface area contributed by atoms with E-state index in [9.17, 15) is 4.79 Å². The lowest BCUT2D eigenvalue weighted by molar-refractivity contribution is 0.244. The van der Waals surface area contributed by atoms with E-state index >= 15 is 0 Å². The second-order valence-corrected chi connectivity index (χ2v) is 4.85. The van der Waals surface area contributed by atoms with Gasteiger partial charge in [0.05, 0.1) is 7.89 Å².